The highest BCUT2D eigenvalue weighted by molar-refractivity contribution is 5.90. The number of ether oxygens (including phenoxy) is 1. The summed E-state index contributed by atoms with van der Waals surface area (Å²) in [4.78, 5) is 16.6. The van der Waals surface area contributed by atoms with Crippen molar-refractivity contribution in [3.8, 4) is 33.9 Å². The number of pyridine rings is 1. The third-order valence-corrected chi connectivity index (χ3v) is 5.78. The van der Waals surface area contributed by atoms with Gasteiger partial charge in [-0.2, -0.15) is 9.50 Å². The van der Waals surface area contributed by atoms with Crippen molar-refractivity contribution >= 4 is 11.6 Å². The van der Waals surface area contributed by atoms with Crippen LogP contribution in [0.2, 0.25) is 0 Å². The summed E-state index contributed by atoms with van der Waals surface area (Å²) < 4.78 is 7.52. The molecule has 3 aromatic heterocycles. The summed E-state index contributed by atoms with van der Waals surface area (Å²) in [7, 11) is 0. The van der Waals surface area contributed by atoms with Crippen LogP contribution in [-0.4, -0.2) is 50.9 Å². The predicted molar refractivity (Wildman–Crippen MR) is 128 cm³/mol. The summed E-state index contributed by atoms with van der Waals surface area (Å²) >= 11 is 0. The van der Waals surface area contributed by atoms with Crippen LogP contribution in [0.1, 0.15) is 0 Å². The second-order valence-corrected chi connectivity index (χ2v) is 7.85. The quantitative estimate of drug-likeness (QED) is 0.419. The van der Waals surface area contributed by atoms with Crippen molar-refractivity contribution in [2.45, 2.75) is 0 Å². The van der Waals surface area contributed by atoms with Crippen molar-refractivity contribution in [3.63, 3.8) is 0 Å². The highest BCUT2D eigenvalue weighted by atomic mass is 16.5. The van der Waals surface area contributed by atoms with Gasteiger partial charge in [0.2, 0.25) is 5.82 Å². The average Bonchev–Trinajstić information content (AvgIpc) is 3.34. The van der Waals surface area contributed by atoms with Gasteiger partial charge in [-0.1, -0.05) is 66.7 Å². The van der Waals surface area contributed by atoms with Crippen molar-refractivity contribution < 1.29 is 4.74 Å². The van der Waals surface area contributed by atoms with E-state index in [1.165, 1.54) is 0 Å². The largest absolute Gasteiger partial charge is 0.378 e. The van der Waals surface area contributed by atoms with E-state index in [0.717, 1.165) is 47.0 Å². The number of hydrogen-bond donors (Lipinski definition) is 0. The van der Waals surface area contributed by atoms with E-state index in [1.54, 1.807) is 6.20 Å². The Bertz CT molecular complexity index is 1380. The van der Waals surface area contributed by atoms with Crippen molar-refractivity contribution in [2.75, 3.05) is 31.2 Å². The first-order chi connectivity index (χ1) is 16.4. The minimum Gasteiger partial charge on any atom is -0.378 e. The highest BCUT2D eigenvalue weighted by Crippen LogP contribution is 2.39. The molecule has 0 radical (unpaired) electrons. The van der Waals surface area contributed by atoms with Crippen LogP contribution in [0, 0.1) is 0 Å². The molecule has 0 amide bonds. The number of morpholine rings is 1. The molecule has 0 spiro atoms. The smallest absolute Gasteiger partial charge is 0.255 e. The fraction of sp³-hybridized carbons (Fsp3) is 0.154. The summed E-state index contributed by atoms with van der Waals surface area (Å²) in [6.07, 6.45) is 1.75. The Morgan fingerprint density at radius 2 is 1.42 bits per heavy atom. The number of fused-ring (bicyclic) bond motifs is 1. The first kappa shape index (κ1) is 19.6. The summed E-state index contributed by atoms with van der Waals surface area (Å²) in [5.74, 6) is 2.08. The van der Waals surface area contributed by atoms with E-state index < -0.39 is 0 Å². The van der Waals surface area contributed by atoms with Gasteiger partial charge in [-0.3, -0.25) is 4.98 Å². The van der Waals surface area contributed by atoms with Gasteiger partial charge < -0.3 is 9.64 Å². The Kier molecular flexibility index (Phi) is 5.01. The van der Waals surface area contributed by atoms with Gasteiger partial charge in [-0.05, 0) is 17.7 Å². The Morgan fingerprint density at radius 1 is 0.727 bits per heavy atom. The maximum absolute atomic E-state index is 5.66. The van der Waals surface area contributed by atoms with E-state index in [-0.39, 0.29) is 0 Å². The van der Waals surface area contributed by atoms with Crippen LogP contribution in [-0.2, 0) is 4.74 Å². The number of rotatable bonds is 4. The molecule has 1 aliphatic rings. The molecule has 0 bridgehead atoms. The third kappa shape index (κ3) is 3.62. The van der Waals surface area contributed by atoms with Crippen LogP contribution in [0.3, 0.4) is 0 Å². The molecule has 2 aromatic carbocycles. The lowest BCUT2D eigenvalue weighted by Gasteiger charge is -2.31. The Balaban J connectivity index is 1.69. The monoisotopic (exact) mass is 434 g/mol. The molecule has 33 heavy (non-hydrogen) atoms. The number of benzene rings is 2. The molecule has 0 aliphatic carbocycles. The average molecular weight is 435 g/mol. The maximum Gasteiger partial charge on any atom is 0.255 e. The molecule has 7 heteroatoms. The number of nitrogens with zero attached hydrogens (tertiary/aromatic N) is 6. The van der Waals surface area contributed by atoms with Gasteiger partial charge in [-0.25, -0.2) is 4.98 Å². The predicted octanol–water partition coefficient (Wildman–Crippen LogP) is 4.36. The molecule has 7 nitrogen and oxygen atoms in total. The normalized spacial score (nSPS) is 14.0. The zero-order chi connectivity index (χ0) is 22.0. The van der Waals surface area contributed by atoms with Crippen LogP contribution >= 0.6 is 0 Å². The summed E-state index contributed by atoms with van der Waals surface area (Å²) in [5, 5.41) is 4.88. The molecule has 0 atom stereocenters. The van der Waals surface area contributed by atoms with Gasteiger partial charge in [0.05, 0.1) is 24.5 Å². The number of aromatic nitrogens is 5. The van der Waals surface area contributed by atoms with Crippen molar-refractivity contribution in [1.29, 1.82) is 0 Å². The number of anilines is 1. The van der Waals surface area contributed by atoms with Crippen LogP contribution in [0.25, 0.3) is 39.7 Å². The summed E-state index contributed by atoms with van der Waals surface area (Å²) in [6.45, 7) is 2.87. The third-order valence-electron chi connectivity index (χ3n) is 5.78. The standard InChI is InChI=1S/C26H22N6O/c1-3-9-19(10-4-1)22-23(20-11-5-2-6-12-20)28-26-29-24(21-13-7-8-14-27-21)30-32(26)25(22)31-15-17-33-18-16-31/h1-14H,15-18H2. The first-order valence-corrected chi connectivity index (χ1v) is 11.0. The Labute approximate surface area is 191 Å². The lowest BCUT2D eigenvalue weighted by Crippen LogP contribution is -2.38. The topological polar surface area (TPSA) is 68.4 Å². The van der Waals surface area contributed by atoms with E-state index >= 15 is 0 Å². The molecular formula is C26H22N6O. The molecule has 0 N–H and O–H groups in total. The van der Waals surface area contributed by atoms with Crippen molar-refractivity contribution in [2.24, 2.45) is 0 Å². The molecule has 162 valence electrons. The van der Waals surface area contributed by atoms with Gasteiger partial charge in [0.15, 0.2) is 0 Å². The minimum absolute atomic E-state index is 0.552. The molecule has 6 rings (SSSR count). The molecular weight excluding hydrogens is 412 g/mol. The first-order valence-electron chi connectivity index (χ1n) is 11.0. The highest BCUT2D eigenvalue weighted by Gasteiger charge is 2.26. The van der Waals surface area contributed by atoms with E-state index in [1.807, 2.05) is 47.0 Å². The van der Waals surface area contributed by atoms with E-state index in [9.17, 15) is 0 Å². The lowest BCUT2D eigenvalue weighted by atomic mass is 9.99. The molecule has 5 aromatic rings. The van der Waals surface area contributed by atoms with Crippen LogP contribution < -0.4 is 4.90 Å². The maximum atomic E-state index is 5.66. The zero-order valence-corrected chi connectivity index (χ0v) is 18.0. The fourth-order valence-corrected chi connectivity index (χ4v) is 4.23. The zero-order valence-electron chi connectivity index (χ0n) is 18.0. The lowest BCUT2D eigenvalue weighted by molar-refractivity contribution is 0.122. The SMILES string of the molecule is c1ccc(-c2nc3nc(-c4ccccn4)nn3c(N3CCOCC3)c2-c2ccccc2)cc1. The van der Waals surface area contributed by atoms with Gasteiger partial charge >= 0.3 is 0 Å². The van der Waals surface area contributed by atoms with E-state index in [0.29, 0.717) is 24.8 Å². The van der Waals surface area contributed by atoms with E-state index in [4.69, 9.17) is 19.8 Å². The molecule has 0 unspecified atom stereocenters. The van der Waals surface area contributed by atoms with Crippen molar-refractivity contribution in [1.82, 2.24) is 24.6 Å². The van der Waals surface area contributed by atoms with Crippen molar-refractivity contribution in [3.05, 3.63) is 85.1 Å². The molecule has 0 saturated carbocycles. The van der Waals surface area contributed by atoms with Gasteiger partial charge in [0.25, 0.3) is 5.78 Å². The molecule has 1 aliphatic heterocycles. The van der Waals surface area contributed by atoms with Gasteiger partial charge in [-0.15, -0.1) is 5.10 Å². The van der Waals surface area contributed by atoms with Gasteiger partial charge in [0, 0.05) is 24.8 Å². The second kappa shape index (κ2) is 8.44. The van der Waals surface area contributed by atoms with Crippen LogP contribution in [0.4, 0.5) is 5.82 Å². The second-order valence-electron chi connectivity index (χ2n) is 7.85. The molecule has 1 saturated heterocycles. The summed E-state index contributed by atoms with van der Waals surface area (Å²) in [6, 6.07) is 26.4. The summed E-state index contributed by atoms with van der Waals surface area (Å²) in [5.41, 5.74) is 4.76. The van der Waals surface area contributed by atoms with Crippen LogP contribution in [0.15, 0.2) is 85.1 Å². The fourth-order valence-electron chi connectivity index (χ4n) is 4.23. The molecule has 4 heterocycles. The molecule has 1 fully saturated rings. The van der Waals surface area contributed by atoms with Gasteiger partial charge in [0.1, 0.15) is 11.5 Å². The Morgan fingerprint density at radius 3 is 2.12 bits per heavy atom. The van der Waals surface area contributed by atoms with E-state index in [2.05, 4.69) is 46.3 Å². The number of hydrogen-bond acceptors (Lipinski definition) is 6. The minimum atomic E-state index is 0.552. The van der Waals surface area contributed by atoms with Crippen LogP contribution in [0.5, 0.6) is 0 Å². The Hall–Kier alpha value is -4.10.